The minimum atomic E-state index is -0.406. The molecule has 0 spiro atoms. The van der Waals surface area contributed by atoms with Gasteiger partial charge in [0.25, 0.3) is 0 Å². The molecule has 1 aromatic rings. The van der Waals surface area contributed by atoms with Crippen molar-refractivity contribution >= 4 is 5.91 Å². The molecule has 0 aromatic heterocycles. The van der Waals surface area contributed by atoms with Gasteiger partial charge >= 0.3 is 0 Å². The van der Waals surface area contributed by atoms with Gasteiger partial charge in [-0.3, -0.25) is 4.79 Å². The highest BCUT2D eigenvalue weighted by atomic mass is 16.5. The minimum absolute atomic E-state index is 0.0439. The van der Waals surface area contributed by atoms with Crippen LogP contribution in [0.1, 0.15) is 18.4 Å². The van der Waals surface area contributed by atoms with Crippen molar-refractivity contribution < 1.29 is 14.6 Å². The van der Waals surface area contributed by atoms with E-state index in [-0.39, 0.29) is 11.9 Å². The fourth-order valence-corrected chi connectivity index (χ4v) is 2.48. The van der Waals surface area contributed by atoms with Crippen LogP contribution >= 0.6 is 0 Å². The topological polar surface area (TPSA) is 61.8 Å². The number of aliphatic hydroxyl groups excluding tert-OH is 1. The van der Waals surface area contributed by atoms with Crippen molar-refractivity contribution in [2.45, 2.75) is 31.9 Å². The SMILES string of the molecule is Cc1ccccc1OCCCN(C)C(=O)[C@@H]1C[C@@H](O)CN1. The van der Waals surface area contributed by atoms with Gasteiger partial charge in [-0.2, -0.15) is 0 Å². The minimum Gasteiger partial charge on any atom is -0.493 e. The normalized spacial score (nSPS) is 21.3. The van der Waals surface area contributed by atoms with Gasteiger partial charge in [0.15, 0.2) is 0 Å². The lowest BCUT2D eigenvalue weighted by Gasteiger charge is -2.21. The van der Waals surface area contributed by atoms with Gasteiger partial charge in [0, 0.05) is 20.1 Å². The number of hydrogen-bond donors (Lipinski definition) is 2. The Morgan fingerprint density at radius 2 is 2.24 bits per heavy atom. The lowest BCUT2D eigenvalue weighted by atomic mass is 10.2. The quantitative estimate of drug-likeness (QED) is 0.766. The second kappa shape index (κ2) is 7.43. The molecule has 5 heteroatoms. The Hall–Kier alpha value is -1.59. The molecule has 0 unspecified atom stereocenters. The molecule has 2 rings (SSSR count). The number of β-amino-alcohol motifs (C(OH)–C–C–N with tert-alkyl or cyclic N) is 1. The number of hydrogen-bond acceptors (Lipinski definition) is 4. The van der Waals surface area contributed by atoms with Gasteiger partial charge < -0.3 is 20.1 Å². The van der Waals surface area contributed by atoms with Crippen molar-refractivity contribution in [2.75, 3.05) is 26.7 Å². The maximum absolute atomic E-state index is 12.1. The standard InChI is InChI=1S/C16H24N2O3/c1-12-6-3-4-7-15(12)21-9-5-8-18(2)16(20)14-10-13(19)11-17-14/h3-4,6-7,13-14,17,19H,5,8-11H2,1-2H3/t13-,14+/m1/s1. The number of amides is 1. The second-order valence-electron chi connectivity index (χ2n) is 5.58. The first-order valence-corrected chi connectivity index (χ1v) is 7.43. The number of rotatable bonds is 6. The highest BCUT2D eigenvalue weighted by Crippen LogP contribution is 2.16. The summed E-state index contributed by atoms with van der Waals surface area (Å²) < 4.78 is 5.72. The summed E-state index contributed by atoms with van der Waals surface area (Å²) in [5.41, 5.74) is 1.12. The maximum atomic E-state index is 12.1. The first-order chi connectivity index (χ1) is 10.1. The zero-order chi connectivity index (χ0) is 15.2. The Bertz CT molecular complexity index is 478. The first-order valence-electron chi connectivity index (χ1n) is 7.43. The molecule has 1 aliphatic rings. The molecule has 2 N–H and O–H groups in total. The lowest BCUT2D eigenvalue weighted by Crippen LogP contribution is -2.42. The molecule has 0 aliphatic carbocycles. The molecular weight excluding hydrogens is 268 g/mol. The number of nitrogens with zero attached hydrogens (tertiary/aromatic N) is 1. The molecule has 0 bridgehead atoms. The lowest BCUT2D eigenvalue weighted by molar-refractivity contribution is -0.132. The van der Waals surface area contributed by atoms with E-state index in [0.717, 1.165) is 17.7 Å². The van der Waals surface area contributed by atoms with Gasteiger partial charge in [0.05, 0.1) is 18.8 Å². The van der Waals surface area contributed by atoms with Crippen LogP contribution in [0.25, 0.3) is 0 Å². The smallest absolute Gasteiger partial charge is 0.239 e. The number of ether oxygens (including phenoxy) is 1. The van der Waals surface area contributed by atoms with Crippen LogP contribution in [0.2, 0.25) is 0 Å². The third-order valence-electron chi connectivity index (χ3n) is 3.77. The average Bonchev–Trinajstić information content (AvgIpc) is 2.91. The molecule has 116 valence electrons. The molecule has 1 heterocycles. The summed E-state index contributed by atoms with van der Waals surface area (Å²) in [6.45, 7) is 3.75. The van der Waals surface area contributed by atoms with E-state index >= 15 is 0 Å². The van der Waals surface area contributed by atoms with E-state index in [1.807, 2.05) is 31.2 Å². The van der Waals surface area contributed by atoms with Gasteiger partial charge in [-0.15, -0.1) is 0 Å². The monoisotopic (exact) mass is 292 g/mol. The molecule has 5 nitrogen and oxygen atoms in total. The Kier molecular flexibility index (Phi) is 5.59. The van der Waals surface area contributed by atoms with Crippen molar-refractivity contribution in [3.63, 3.8) is 0 Å². The number of carbonyl (C=O) groups excluding carboxylic acids is 1. The Labute approximate surface area is 125 Å². The van der Waals surface area contributed by atoms with Gasteiger partial charge in [-0.05, 0) is 31.4 Å². The molecule has 1 saturated heterocycles. The van der Waals surface area contributed by atoms with E-state index in [1.54, 1.807) is 11.9 Å². The van der Waals surface area contributed by atoms with Gasteiger partial charge in [0.1, 0.15) is 5.75 Å². The molecular formula is C16H24N2O3. The van der Waals surface area contributed by atoms with Gasteiger partial charge in [-0.1, -0.05) is 18.2 Å². The van der Waals surface area contributed by atoms with Crippen molar-refractivity contribution in [1.29, 1.82) is 0 Å². The van der Waals surface area contributed by atoms with Crippen LogP contribution in [-0.4, -0.2) is 54.8 Å². The zero-order valence-corrected chi connectivity index (χ0v) is 12.7. The molecule has 2 atom stereocenters. The summed E-state index contributed by atoms with van der Waals surface area (Å²) in [6, 6.07) is 7.66. The van der Waals surface area contributed by atoms with E-state index in [9.17, 15) is 9.90 Å². The van der Waals surface area contributed by atoms with E-state index in [0.29, 0.717) is 26.1 Å². The zero-order valence-electron chi connectivity index (χ0n) is 12.7. The molecule has 21 heavy (non-hydrogen) atoms. The molecule has 0 saturated carbocycles. The molecule has 1 aliphatic heterocycles. The number of nitrogens with one attached hydrogen (secondary N) is 1. The number of benzene rings is 1. The van der Waals surface area contributed by atoms with Crippen LogP contribution in [0.4, 0.5) is 0 Å². The molecule has 1 fully saturated rings. The van der Waals surface area contributed by atoms with Crippen LogP contribution in [0.5, 0.6) is 5.75 Å². The molecule has 1 amide bonds. The number of carbonyl (C=O) groups is 1. The summed E-state index contributed by atoms with van der Waals surface area (Å²) in [5, 5.41) is 12.5. The Morgan fingerprint density at radius 3 is 2.90 bits per heavy atom. The van der Waals surface area contributed by atoms with Crippen LogP contribution in [0.15, 0.2) is 24.3 Å². The van der Waals surface area contributed by atoms with Gasteiger partial charge in [-0.25, -0.2) is 0 Å². The van der Waals surface area contributed by atoms with Crippen LogP contribution < -0.4 is 10.1 Å². The van der Waals surface area contributed by atoms with Crippen LogP contribution in [0.3, 0.4) is 0 Å². The maximum Gasteiger partial charge on any atom is 0.239 e. The van der Waals surface area contributed by atoms with Crippen LogP contribution in [-0.2, 0) is 4.79 Å². The van der Waals surface area contributed by atoms with E-state index in [1.165, 1.54) is 0 Å². The summed E-state index contributed by atoms with van der Waals surface area (Å²) >= 11 is 0. The molecule has 0 radical (unpaired) electrons. The van der Waals surface area contributed by atoms with Crippen molar-refractivity contribution in [3.8, 4) is 5.75 Å². The Balaban J connectivity index is 1.68. The van der Waals surface area contributed by atoms with Gasteiger partial charge in [0.2, 0.25) is 5.91 Å². The fraction of sp³-hybridized carbons (Fsp3) is 0.562. The van der Waals surface area contributed by atoms with E-state index in [4.69, 9.17) is 4.74 Å². The predicted octanol–water partition coefficient (Wildman–Crippen LogP) is 0.945. The number of aryl methyl sites for hydroxylation is 1. The third-order valence-corrected chi connectivity index (χ3v) is 3.77. The van der Waals surface area contributed by atoms with E-state index < -0.39 is 6.10 Å². The highest BCUT2D eigenvalue weighted by Gasteiger charge is 2.29. The first kappa shape index (κ1) is 15.8. The van der Waals surface area contributed by atoms with Crippen molar-refractivity contribution in [2.24, 2.45) is 0 Å². The van der Waals surface area contributed by atoms with E-state index in [2.05, 4.69) is 5.32 Å². The second-order valence-corrected chi connectivity index (χ2v) is 5.58. The average molecular weight is 292 g/mol. The predicted molar refractivity (Wildman–Crippen MR) is 81.3 cm³/mol. The largest absolute Gasteiger partial charge is 0.493 e. The summed E-state index contributed by atoms with van der Waals surface area (Å²) in [5.74, 6) is 0.939. The number of likely N-dealkylation sites (N-methyl/N-ethyl adjacent to an activating group) is 1. The number of aliphatic hydroxyl groups is 1. The summed E-state index contributed by atoms with van der Waals surface area (Å²) in [7, 11) is 1.79. The highest BCUT2D eigenvalue weighted by molar-refractivity contribution is 5.82. The van der Waals surface area contributed by atoms with Crippen LogP contribution in [0, 0.1) is 6.92 Å². The third kappa shape index (κ3) is 4.44. The molecule has 1 aromatic carbocycles. The Morgan fingerprint density at radius 1 is 1.48 bits per heavy atom. The summed E-state index contributed by atoms with van der Waals surface area (Å²) in [6.07, 6.45) is 0.881. The van der Waals surface area contributed by atoms with Crippen molar-refractivity contribution in [1.82, 2.24) is 10.2 Å². The summed E-state index contributed by atoms with van der Waals surface area (Å²) in [4.78, 5) is 13.8. The van der Waals surface area contributed by atoms with Crippen molar-refractivity contribution in [3.05, 3.63) is 29.8 Å². The number of para-hydroxylation sites is 1. The fourth-order valence-electron chi connectivity index (χ4n) is 2.48.